The van der Waals surface area contributed by atoms with Crippen LogP contribution in [-0.2, 0) is 22.5 Å². The van der Waals surface area contributed by atoms with E-state index in [0.29, 0.717) is 25.2 Å². The number of ether oxygens (including phenoxy) is 1. The molecule has 4 fully saturated rings. The number of anilines is 1. The van der Waals surface area contributed by atoms with Crippen LogP contribution in [-0.4, -0.2) is 85.5 Å². The van der Waals surface area contributed by atoms with E-state index in [0.717, 1.165) is 4.52 Å². The molecule has 2 aromatic rings. The number of fused-ring (bicyclic) bond motifs is 1. The van der Waals surface area contributed by atoms with Crippen LogP contribution in [0.5, 0.6) is 0 Å². The third-order valence-corrected chi connectivity index (χ3v) is 8.48. The molecule has 1 aliphatic heterocycles. The second-order valence-corrected chi connectivity index (χ2v) is 13.0. The van der Waals surface area contributed by atoms with Crippen molar-refractivity contribution in [3.8, 4) is 0 Å². The molecule has 42 heavy (non-hydrogen) atoms. The van der Waals surface area contributed by atoms with Gasteiger partial charge in [-0.15, -0.1) is 5.10 Å². The number of alkyl halides is 5. The largest absolute Gasteiger partial charge is 0.453 e. The first kappa shape index (κ1) is 30.5. The number of piperazine rings is 1. The summed E-state index contributed by atoms with van der Waals surface area (Å²) in [4.78, 5) is 46.8. The van der Waals surface area contributed by atoms with Gasteiger partial charge in [-0.25, -0.2) is 4.79 Å². The molecule has 3 saturated carbocycles. The average Bonchev–Trinajstić information content (AvgIpc) is 3.22. The quantitative estimate of drug-likeness (QED) is 0.469. The number of nitrogens with one attached hydrogen (secondary N) is 1. The SMILES string of the molecule is CCc1c(N2CCN(C(=O)OC(C)(C)C)CC2)c(=O)n2nc(Br)nc2n1CC(=O)NC12CC(C(F)(F)C(F)(F)F)(C1)C2. The maximum Gasteiger partial charge on any atom is 0.453 e. The monoisotopic (exact) mass is 667 g/mol. The summed E-state index contributed by atoms with van der Waals surface area (Å²) >= 11 is 3.16. The molecule has 0 unspecified atom stereocenters. The van der Waals surface area contributed by atoms with E-state index in [4.69, 9.17) is 4.74 Å². The molecule has 2 amide bonds. The second-order valence-electron chi connectivity index (χ2n) is 12.3. The molecule has 11 nitrogen and oxygen atoms in total. The fourth-order valence-corrected chi connectivity index (χ4v) is 6.69. The van der Waals surface area contributed by atoms with Crippen molar-refractivity contribution in [3.05, 3.63) is 20.8 Å². The third-order valence-electron chi connectivity index (χ3n) is 8.14. The summed E-state index contributed by atoms with van der Waals surface area (Å²) < 4.78 is 74.8. The van der Waals surface area contributed by atoms with Gasteiger partial charge < -0.3 is 24.4 Å². The number of carbonyl (C=O) groups excluding carboxylic acids is 2. The molecule has 232 valence electrons. The van der Waals surface area contributed by atoms with Gasteiger partial charge in [-0.05, 0) is 62.4 Å². The van der Waals surface area contributed by atoms with E-state index in [1.165, 1.54) is 4.57 Å². The van der Waals surface area contributed by atoms with Gasteiger partial charge in [0.25, 0.3) is 5.56 Å². The van der Waals surface area contributed by atoms with Gasteiger partial charge in [0.05, 0.1) is 11.1 Å². The Kier molecular flexibility index (Phi) is 7.09. The van der Waals surface area contributed by atoms with Gasteiger partial charge in [-0.1, -0.05) is 6.92 Å². The van der Waals surface area contributed by atoms with E-state index in [9.17, 15) is 36.3 Å². The lowest BCUT2D eigenvalue weighted by Crippen LogP contribution is -2.81. The molecular formula is C25H31BrF5N7O4. The summed E-state index contributed by atoms with van der Waals surface area (Å²) in [7, 11) is 0. The van der Waals surface area contributed by atoms with Gasteiger partial charge in [-0.2, -0.15) is 31.5 Å². The zero-order chi connectivity index (χ0) is 31.0. The lowest BCUT2D eigenvalue weighted by atomic mass is 9.37. The van der Waals surface area contributed by atoms with Crippen LogP contribution >= 0.6 is 15.9 Å². The molecule has 3 aliphatic carbocycles. The van der Waals surface area contributed by atoms with Gasteiger partial charge in [-0.3, -0.25) is 9.59 Å². The number of carbonyl (C=O) groups is 2. The molecule has 0 radical (unpaired) electrons. The second kappa shape index (κ2) is 9.77. The van der Waals surface area contributed by atoms with E-state index in [2.05, 4.69) is 31.3 Å². The van der Waals surface area contributed by atoms with Crippen molar-refractivity contribution in [2.45, 2.75) is 83.2 Å². The maximum absolute atomic E-state index is 14.0. The number of nitrogens with zero attached hydrogens (tertiary/aromatic N) is 6. The standard InChI is InChI=1S/C25H31BrF5N7O4/c1-5-14-16(35-6-8-36(9-7-35)20(41)42-21(2,3)4)17(40)38-19(32-18(26)34-38)37(14)10-15(39)33-23-11-22(12-23,13-23)24(27,28)25(29,30)31/h5-13H2,1-4H3,(H,33,39). The van der Waals surface area contributed by atoms with Crippen molar-refractivity contribution in [2.75, 3.05) is 31.1 Å². The van der Waals surface area contributed by atoms with Crippen molar-refractivity contribution >= 4 is 39.4 Å². The average molecular weight is 668 g/mol. The van der Waals surface area contributed by atoms with E-state index in [1.54, 1.807) is 37.5 Å². The summed E-state index contributed by atoms with van der Waals surface area (Å²) in [5.41, 5.74) is -3.72. The van der Waals surface area contributed by atoms with Gasteiger partial charge in [0.1, 0.15) is 17.8 Å². The van der Waals surface area contributed by atoms with Crippen LogP contribution in [0.4, 0.5) is 32.4 Å². The molecule has 2 aromatic heterocycles. The van der Waals surface area contributed by atoms with Gasteiger partial charge >= 0.3 is 18.2 Å². The molecular weight excluding hydrogens is 637 g/mol. The Labute approximate surface area is 245 Å². The van der Waals surface area contributed by atoms with Crippen molar-refractivity contribution in [2.24, 2.45) is 5.41 Å². The first-order chi connectivity index (χ1) is 19.3. The van der Waals surface area contributed by atoms with E-state index >= 15 is 0 Å². The Morgan fingerprint density at radius 2 is 1.64 bits per heavy atom. The number of hydrogen-bond acceptors (Lipinski definition) is 7. The zero-order valence-electron chi connectivity index (χ0n) is 23.4. The van der Waals surface area contributed by atoms with Crippen molar-refractivity contribution in [3.63, 3.8) is 0 Å². The molecule has 6 rings (SSSR count). The number of amides is 2. The van der Waals surface area contributed by atoms with Gasteiger partial charge in [0, 0.05) is 31.7 Å². The maximum atomic E-state index is 14.0. The number of aromatic nitrogens is 4. The fraction of sp³-hybridized carbons (Fsp3) is 0.720. The zero-order valence-corrected chi connectivity index (χ0v) is 25.0. The number of halogens is 6. The van der Waals surface area contributed by atoms with Crippen LogP contribution in [0.1, 0.15) is 52.7 Å². The normalized spacial score (nSPS) is 24.3. The fourth-order valence-electron chi connectivity index (χ4n) is 6.38. The van der Waals surface area contributed by atoms with E-state index in [-0.39, 0.29) is 35.8 Å². The Morgan fingerprint density at radius 1 is 1.05 bits per heavy atom. The van der Waals surface area contributed by atoms with Gasteiger partial charge in [0.15, 0.2) is 0 Å². The van der Waals surface area contributed by atoms with Crippen molar-refractivity contribution in [1.82, 2.24) is 29.4 Å². The lowest BCUT2D eigenvalue weighted by molar-refractivity contribution is -0.387. The summed E-state index contributed by atoms with van der Waals surface area (Å²) in [6, 6.07) is 0. The highest BCUT2D eigenvalue weighted by molar-refractivity contribution is 9.10. The van der Waals surface area contributed by atoms with Crippen LogP contribution in [0, 0.1) is 5.41 Å². The molecule has 0 spiro atoms. The highest BCUT2D eigenvalue weighted by Gasteiger charge is 2.84. The highest BCUT2D eigenvalue weighted by Crippen LogP contribution is 2.75. The van der Waals surface area contributed by atoms with Crippen LogP contribution in [0.25, 0.3) is 5.78 Å². The minimum absolute atomic E-state index is 0.0627. The molecule has 1 saturated heterocycles. The van der Waals surface area contributed by atoms with E-state index in [1.807, 2.05) is 0 Å². The highest BCUT2D eigenvalue weighted by atomic mass is 79.9. The smallest absolute Gasteiger partial charge is 0.444 e. The van der Waals surface area contributed by atoms with Crippen LogP contribution < -0.4 is 15.8 Å². The Morgan fingerprint density at radius 3 is 2.17 bits per heavy atom. The lowest BCUT2D eigenvalue weighted by Gasteiger charge is -2.72. The molecule has 4 aliphatic rings. The molecule has 0 atom stereocenters. The van der Waals surface area contributed by atoms with Crippen molar-refractivity contribution in [1.29, 1.82) is 0 Å². The summed E-state index contributed by atoms with van der Waals surface area (Å²) in [6.45, 7) is 7.88. The topological polar surface area (TPSA) is 114 Å². The Hall–Kier alpha value is -2.98. The number of hydrogen-bond donors (Lipinski definition) is 1. The summed E-state index contributed by atoms with van der Waals surface area (Å²) in [5, 5.41) is 6.77. The number of rotatable bonds is 6. The van der Waals surface area contributed by atoms with Crippen LogP contribution in [0.2, 0.25) is 0 Å². The van der Waals surface area contributed by atoms with Crippen LogP contribution in [0.15, 0.2) is 9.53 Å². The molecule has 0 aromatic carbocycles. The van der Waals surface area contributed by atoms with Crippen LogP contribution in [0.3, 0.4) is 0 Å². The first-order valence-electron chi connectivity index (χ1n) is 13.5. The first-order valence-corrected chi connectivity index (χ1v) is 14.3. The summed E-state index contributed by atoms with van der Waals surface area (Å²) in [5.74, 6) is -5.38. The molecule has 2 bridgehead atoms. The minimum atomic E-state index is -5.66. The van der Waals surface area contributed by atoms with Gasteiger partial charge in [0.2, 0.25) is 16.4 Å². The minimum Gasteiger partial charge on any atom is -0.444 e. The Bertz CT molecular complexity index is 1470. The van der Waals surface area contributed by atoms with E-state index < -0.39 is 65.5 Å². The predicted molar refractivity (Wildman–Crippen MR) is 143 cm³/mol. The molecule has 1 N–H and O–H groups in total. The third kappa shape index (κ3) is 4.90. The molecule has 17 heteroatoms. The summed E-state index contributed by atoms with van der Waals surface area (Å²) in [6.07, 6.45) is -7.23. The molecule has 3 heterocycles. The Balaban J connectivity index is 1.37. The predicted octanol–water partition coefficient (Wildman–Crippen LogP) is 3.51. The van der Waals surface area contributed by atoms with Crippen molar-refractivity contribution < 1.29 is 36.3 Å².